The maximum absolute atomic E-state index is 12.4. The van der Waals surface area contributed by atoms with Gasteiger partial charge in [0.25, 0.3) is 0 Å². The Morgan fingerprint density at radius 3 is 3.08 bits per heavy atom. The van der Waals surface area contributed by atoms with Gasteiger partial charge in [-0.1, -0.05) is 12.2 Å². The molecular formula is C18H28N4OS. The van der Waals surface area contributed by atoms with Crippen LogP contribution in [0.15, 0.2) is 17.7 Å². The lowest BCUT2D eigenvalue weighted by Gasteiger charge is -2.24. The monoisotopic (exact) mass is 348 g/mol. The Morgan fingerprint density at radius 2 is 2.38 bits per heavy atom. The van der Waals surface area contributed by atoms with Crippen molar-refractivity contribution in [2.75, 3.05) is 26.7 Å². The van der Waals surface area contributed by atoms with E-state index in [1.54, 1.807) is 11.3 Å². The largest absolute Gasteiger partial charge is 0.332 e. The van der Waals surface area contributed by atoms with Crippen LogP contribution in [0.25, 0.3) is 0 Å². The second-order valence-electron chi connectivity index (χ2n) is 7.07. The first kappa shape index (κ1) is 17.4. The molecule has 2 amide bonds. The summed E-state index contributed by atoms with van der Waals surface area (Å²) in [5.74, 6) is 0.566. The molecule has 2 aliphatic rings. The molecule has 1 fully saturated rings. The summed E-state index contributed by atoms with van der Waals surface area (Å²) in [6.07, 6.45) is 8.80. The van der Waals surface area contributed by atoms with Crippen LogP contribution in [-0.4, -0.2) is 53.5 Å². The number of allylic oxidation sites excluding steroid dienone is 1. The number of thiazole rings is 1. The molecule has 6 heteroatoms. The van der Waals surface area contributed by atoms with Gasteiger partial charge in [-0.15, -0.1) is 11.3 Å². The van der Waals surface area contributed by atoms with Crippen LogP contribution in [0.5, 0.6) is 0 Å². The van der Waals surface area contributed by atoms with Crippen molar-refractivity contribution in [3.63, 3.8) is 0 Å². The number of hydrogen-bond donors (Lipinski definition) is 1. The zero-order chi connectivity index (χ0) is 16.9. The molecule has 1 aromatic rings. The fraction of sp³-hybridized carbons (Fsp3) is 0.667. The molecule has 0 saturated carbocycles. The second kappa shape index (κ2) is 8.12. The lowest BCUT2D eigenvalue weighted by Crippen LogP contribution is -2.44. The van der Waals surface area contributed by atoms with E-state index in [9.17, 15) is 4.79 Å². The second-order valence-corrected chi connectivity index (χ2v) is 8.01. The molecule has 1 aliphatic carbocycles. The summed E-state index contributed by atoms with van der Waals surface area (Å²) in [6.45, 7) is 5.80. The molecule has 2 atom stereocenters. The number of carbonyl (C=O) groups excluding carboxylic acids is 1. The summed E-state index contributed by atoms with van der Waals surface area (Å²) in [5, 5.41) is 3.16. The molecule has 132 valence electrons. The minimum Gasteiger partial charge on any atom is -0.332 e. The highest BCUT2D eigenvalue weighted by Crippen LogP contribution is 2.20. The van der Waals surface area contributed by atoms with Crippen molar-refractivity contribution in [1.82, 2.24) is 20.1 Å². The minimum atomic E-state index is 0.106. The average Bonchev–Trinajstić information content (AvgIpc) is 3.18. The Bertz CT molecular complexity index is 585. The molecule has 2 heterocycles. The maximum atomic E-state index is 12.4. The van der Waals surface area contributed by atoms with E-state index >= 15 is 0 Å². The van der Waals surface area contributed by atoms with Gasteiger partial charge in [0.05, 0.1) is 11.2 Å². The van der Waals surface area contributed by atoms with Crippen LogP contribution in [0.1, 0.15) is 36.3 Å². The highest BCUT2D eigenvalue weighted by molar-refractivity contribution is 7.09. The van der Waals surface area contributed by atoms with Gasteiger partial charge in [0, 0.05) is 37.1 Å². The van der Waals surface area contributed by atoms with Gasteiger partial charge in [-0.3, -0.25) is 0 Å². The first-order chi connectivity index (χ1) is 11.6. The smallest absolute Gasteiger partial charge is 0.317 e. The molecule has 1 saturated heterocycles. The zero-order valence-corrected chi connectivity index (χ0v) is 15.5. The Morgan fingerprint density at radius 1 is 1.50 bits per heavy atom. The number of nitrogens with zero attached hydrogens (tertiary/aromatic N) is 3. The van der Waals surface area contributed by atoms with E-state index < -0.39 is 0 Å². The maximum Gasteiger partial charge on any atom is 0.317 e. The normalized spacial score (nSPS) is 23.9. The van der Waals surface area contributed by atoms with Crippen molar-refractivity contribution < 1.29 is 4.79 Å². The topological polar surface area (TPSA) is 48.5 Å². The van der Waals surface area contributed by atoms with Crippen LogP contribution in [0, 0.1) is 12.8 Å². The summed E-state index contributed by atoms with van der Waals surface area (Å²) in [6, 6.07) is 0.331. The molecule has 0 aromatic carbocycles. The van der Waals surface area contributed by atoms with Gasteiger partial charge in [0.1, 0.15) is 0 Å². The van der Waals surface area contributed by atoms with Crippen LogP contribution in [0.4, 0.5) is 4.79 Å². The molecular weight excluding hydrogens is 320 g/mol. The van der Waals surface area contributed by atoms with Crippen LogP contribution >= 0.6 is 11.3 Å². The summed E-state index contributed by atoms with van der Waals surface area (Å²) in [7, 11) is 2.16. The third kappa shape index (κ3) is 4.57. The van der Waals surface area contributed by atoms with Gasteiger partial charge < -0.3 is 15.1 Å². The SMILES string of the molecule is Cc1ncsc1CN(C)C[C@H]1CCN(C(=O)N[C@@H]2C=CCCC2)C1. The number of aryl methyl sites for hydroxylation is 1. The number of amides is 2. The molecule has 5 nitrogen and oxygen atoms in total. The number of nitrogens with one attached hydrogen (secondary N) is 1. The molecule has 1 aliphatic heterocycles. The van der Waals surface area contributed by atoms with Crippen LogP contribution in [-0.2, 0) is 6.54 Å². The van der Waals surface area contributed by atoms with Crippen molar-refractivity contribution in [3.05, 3.63) is 28.2 Å². The number of urea groups is 1. The third-order valence-corrected chi connectivity index (χ3v) is 5.88. The molecule has 0 spiro atoms. The van der Waals surface area contributed by atoms with Gasteiger partial charge >= 0.3 is 6.03 Å². The number of aromatic nitrogens is 1. The van der Waals surface area contributed by atoms with Crippen LogP contribution < -0.4 is 5.32 Å². The van der Waals surface area contributed by atoms with E-state index in [4.69, 9.17) is 0 Å². The van der Waals surface area contributed by atoms with E-state index in [-0.39, 0.29) is 12.1 Å². The lowest BCUT2D eigenvalue weighted by atomic mass is 10.0. The number of likely N-dealkylation sites (tertiary alicyclic amines) is 1. The van der Waals surface area contributed by atoms with E-state index in [2.05, 4.69) is 41.3 Å². The first-order valence-corrected chi connectivity index (χ1v) is 9.79. The van der Waals surface area contributed by atoms with Crippen molar-refractivity contribution in [2.24, 2.45) is 5.92 Å². The highest BCUT2D eigenvalue weighted by Gasteiger charge is 2.28. The number of carbonyl (C=O) groups is 1. The van der Waals surface area contributed by atoms with Crippen molar-refractivity contribution in [1.29, 1.82) is 0 Å². The third-order valence-electron chi connectivity index (χ3n) is 4.96. The van der Waals surface area contributed by atoms with E-state index in [1.807, 2.05) is 10.4 Å². The summed E-state index contributed by atoms with van der Waals surface area (Å²) in [4.78, 5) is 22.4. The molecule has 24 heavy (non-hydrogen) atoms. The quantitative estimate of drug-likeness (QED) is 0.832. The standard InChI is InChI=1S/C18H28N4OS/c1-14-17(24-13-19-14)12-21(2)10-15-8-9-22(11-15)18(23)20-16-6-4-3-5-7-16/h4,6,13,15-16H,3,5,7-12H2,1-2H3,(H,20,23)/t15-,16-/m1/s1. The van der Waals surface area contributed by atoms with E-state index in [1.165, 1.54) is 11.3 Å². The molecule has 0 bridgehead atoms. The average molecular weight is 349 g/mol. The zero-order valence-electron chi connectivity index (χ0n) is 14.7. The van der Waals surface area contributed by atoms with Crippen molar-refractivity contribution in [3.8, 4) is 0 Å². The molecule has 1 aromatic heterocycles. The molecule has 0 unspecified atom stereocenters. The molecule has 1 N–H and O–H groups in total. The highest BCUT2D eigenvalue weighted by atomic mass is 32.1. The van der Waals surface area contributed by atoms with Crippen molar-refractivity contribution in [2.45, 2.75) is 45.2 Å². The molecule has 0 radical (unpaired) electrons. The first-order valence-electron chi connectivity index (χ1n) is 8.91. The summed E-state index contributed by atoms with van der Waals surface area (Å²) in [5.41, 5.74) is 3.06. The van der Waals surface area contributed by atoms with Gasteiger partial charge in [-0.2, -0.15) is 0 Å². The fourth-order valence-corrected chi connectivity index (χ4v) is 4.43. The minimum absolute atomic E-state index is 0.106. The van der Waals surface area contributed by atoms with Crippen molar-refractivity contribution >= 4 is 17.4 Å². The summed E-state index contributed by atoms with van der Waals surface area (Å²) < 4.78 is 0. The van der Waals surface area contributed by atoms with Crippen LogP contribution in [0.3, 0.4) is 0 Å². The molecule has 3 rings (SSSR count). The predicted molar refractivity (Wildman–Crippen MR) is 98.2 cm³/mol. The van der Waals surface area contributed by atoms with Gasteiger partial charge in [-0.25, -0.2) is 9.78 Å². The Balaban J connectivity index is 1.43. The predicted octanol–water partition coefficient (Wildman–Crippen LogP) is 3.02. The lowest BCUT2D eigenvalue weighted by molar-refractivity contribution is 0.201. The summed E-state index contributed by atoms with van der Waals surface area (Å²) >= 11 is 1.73. The van der Waals surface area contributed by atoms with Crippen LogP contribution in [0.2, 0.25) is 0 Å². The van der Waals surface area contributed by atoms with E-state index in [0.717, 1.165) is 51.1 Å². The van der Waals surface area contributed by atoms with Gasteiger partial charge in [0.15, 0.2) is 0 Å². The number of rotatable bonds is 5. The number of hydrogen-bond acceptors (Lipinski definition) is 4. The van der Waals surface area contributed by atoms with Gasteiger partial charge in [-0.05, 0) is 45.6 Å². The Labute approximate surface area is 148 Å². The van der Waals surface area contributed by atoms with E-state index in [0.29, 0.717) is 5.92 Å². The fourth-order valence-electron chi connectivity index (χ4n) is 3.58. The Hall–Kier alpha value is -1.40. The Kier molecular flexibility index (Phi) is 5.89. The van der Waals surface area contributed by atoms with Gasteiger partial charge in [0.2, 0.25) is 0 Å².